The van der Waals surface area contributed by atoms with E-state index in [9.17, 15) is 4.79 Å². The molecule has 2 rings (SSSR count). The minimum Gasteiger partial charge on any atom is -0.497 e. The van der Waals surface area contributed by atoms with Gasteiger partial charge in [-0.1, -0.05) is 12.1 Å². The zero-order valence-electron chi connectivity index (χ0n) is 11.8. The topological polar surface area (TPSA) is 67.8 Å². The molecule has 5 heteroatoms. The van der Waals surface area contributed by atoms with Crippen LogP contribution in [0.25, 0.3) is 0 Å². The monoisotopic (exact) mass is 279 g/mol. The highest BCUT2D eigenvalue weighted by molar-refractivity contribution is 5.72. The Bertz CT molecular complexity index is 446. The third kappa shape index (κ3) is 3.71. The fraction of sp³-hybridized carbons (Fsp3) is 0.533. The molecular formula is C15H21NO4. The van der Waals surface area contributed by atoms with Crippen molar-refractivity contribution in [3.8, 4) is 5.75 Å². The normalized spacial score (nSPS) is 23.5. The van der Waals surface area contributed by atoms with E-state index in [4.69, 9.17) is 14.6 Å². The molecule has 1 aliphatic heterocycles. The second-order valence-corrected chi connectivity index (χ2v) is 5.07. The highest BCUT2D eigenvalue weighted by Crippen LogP contribution is 2.21. The molecule has 1 saturated heterocycles. The number of methoxy groups -OCH3 is 1. The lowest BCUT2D eigenvalue weighted by Crippen LogP contribution is -2.30. The Balaban J connectivity index is 1.80. The summed E-state index contributed by atoms with van der Waals surface area (Å²) in [5, 5.41) is 12.3. The van der Waals surface area contributed by atoms with Gasteiger partial charge in [-0.15, -0.1) is 0 Å². The van der Waals surface area contributed by atoms with E-state index in [1.165, 1.54) is 5.56 Å². The molecule has 1 fully saturated rings. The molecule has 0 aromatic heterocycles. The van der Waals surface area contributed by atoms with E-state index in [0.717, 1.165) is 12.2 Å². The molecule has 0 amide bonds. The zero-order valence-corrected chi connectivity index (χ0v) is 11.8. The van der Waals surface area contributed by atoms with E-state index in [-0.39, 0.29) is 12.1 Å². The molecule has 0 spiro atoms. The van der Waals surface area contributed by atoms with E-state index >= 15 is 0 Å². The van der Waals surface area contributed by atoms with Crippen molar-refractivity contribution in [2.75, 3.05) is 13.7 Å². The molecule has 110 valence electrons. The van der Waals surface area contributed by atoms with Gasteiger partial charge in [0.15, 0.2) is 6.10 Å². The summed E-state index contributed by atoms with van der Waals surface area (Å²) in [6, 6.07) is 8.09. The first-order valence-electron chi connectivity index (χ1n) is 6.85. The minimum atomic E-state index is -0.865. The van der Waals surface area contributed by atoms with E-state index in [1.54, 1.807) is 7.11 Å². The van der Waals surface area contributed by atoms with Crippen LogP contribution in [0.4, 0.5) is 0 Å². The van der Waals surface area contributed by atoms with Crippen LogP contribution in [-0.4, -0.2) is 36.9 Å². The van der Waals surface area contributed by atoms with Gasteiger partial charge in [-0.2, -0.15) is 0 Å². The van der Waals surface area contributed by atoms with Crippen molar-refractivity contribution >= 4 is 5.97 Å². The Hall–Kier alpha value is -1.59. The van der Waals surface area contributed by atoms with E-state index < -0.39 is 12.1 Å². The average molecular weight is 279 g/mol. The lowest BCUT2D eigenvalue weighted by atomic mass is 10.1. The summed E-state index contributed by atoms with van der Waals surface area (Å²) in [5.41, 5.74) is 1.17. The van der Waals surface area contributed by atoms with Crippen LogP contribution >= 0.6 is 0 Å². The van der Waals surface area contributed by atoms with Crippen LogP contribution in [0.3, 0.4) is 0 Å². The zero-order chi connectivity index (χ0) is 14.5. The number of benzene rings is 1. The van der Waals surface area contributed by atoms with Gasteiger partial charge < -0.3 is 19.9 Å². The molecule has 1 aromatic carbocycles. The first-order chi connectivity index (χ1) is 9.60. The van der Waals surface area contributed by atoms with E-state index in [0.29, 0.717) is 13.0 Å². The molecule has 20 heavy (non-hydrogen) atoms. The largest absolute Gasteiger partial charge is 0.497 e. The number of nitrogens with one attached hydrogen (secondary N) is 1. The van der Waals surface area contributed by atoms with Gasteiger partial charge in [-0.05, 0) is 37.5 Å². The quantitative estimate of drug-likeness (QED) is 0.833. The predicted molar refractivity (Wildman–Crippen MR) is 74.9 cm³/mol. The number of rotatable bonds is 6. The predicted octanol–water partition coefficient (Wildman–Crippen LogP) is 1.98. The Labute approximate surface area is 118 Å². The van der Waals surface area contributed by atoms with Crippen LogP contribution in [-0.2, 0) is 9.53 Å². The first kappa shape index (κ1) is 14.8. The molecule has 1 aromatic rings. The summed E-state index contributed by atoms with van der Waals surface area (Å²) >= 11 is 0. The van der Waals surface area contributed by atoms with Crippen molar-refractivity contribution < 1.29 is 19.4 Å². The Morgan fingerprint density at radius 3 is 2.70 bits per heavy atom. The maximum Gasteiger partial charge on any atom is 0.332 e. The molecule has 0 saturated carbocycles. The van der Waals surface area contributed by atoms with Gasteiger partial charge in [-0.3, -0.25) is 0 Å². The molecule has 3 atom stereocenters. The molecule has 0 bridgehead atoms. The van der Waals surface area contributed by atoms with Crippen molar-refractivity contribution in [2.24, 2.45) is 0 Å². The Kier molecular flexibility index (Phi) is 4.98. The summed E-state index contributed by atoms with van der Waals surface area (Å²) in [5.74, 6) is -0.0277. The van der Waals surface area contributed by atoms with Crippen LogP contribution in [0.2, 0.25) is 0 Å². The van der Waals surface area contributed by atoms with E-state index in [2.05, 4.69) is 12.2 Å². The van der Waals surface area contributed by atoms with E-state index in [1.807, 2.05) is 24.3 Å². The lowest BCUT2D eigenvalue weighted by Gasteiger charge is -2.18. The highest BCUT2D eigenvalue weighted by atomic mass is 16.5. The first-order valence-corrected chi connectivity index (χ1v) is 6.85. The van der Waals surface area contributed by atoms with Gasteiger partial charge in [0.1, 0.15) is 5.75 Å². The smallest absolute Gasteiger partial charge is 0.332 e. The average Bonchev–Trinajstić information content (AvgIpc) is 2.94. The highest BCUT2D eigenvalue weighted by Gasteiger charge is 2.30. The van der Waals surface area contributed by atoms with Crippen molar-refractivity contribution in [2.45, 2.75) is 38.0 Å². The molecular weight excluding hydrogens is 258 g/mol. The van der Waals surface area contributed by atoms with Crippen LogP contribution in [0.5, 0.6) is 5.75 Å². The van der Waals surface area contributed by atoms with Crippen LogP contribution in [0.15, 0.2) is 24.3 Å². The summed E-state index contributed by atoms with van der Waals surface area (Å²) in [6.45, 7) is 2.74. The van der Waals surface area contributed by atoms with Gasteiger partial charge in [0.05, 0.1) is 13.2 Å². The standard InChI is InChI=1S/C15H21NO4/c1-10(11-3-5-12(19-2)6-4-11)16-9-13-7-8-14(20-13)15(17)18/h3-6,10,13-14,16H,7-9H2,1-2H3,(H,17,18)/t10-,13?,14?/m0/s1. The van der Waals surface area contributed by atoms with Gasteiger partial charge in [0, 0.05) is 12.6 Å². The maximum atomic E-state index is 10.8. The van der Waals surface area contributed by atoms with Crippen molar-refractivity contribution in [3.63, 3.8) is 0 Å². The number of hydrogen-bond donors (Lipinski definition) is 2. The molecule has 2 N–H and O–H groups in total. The number of carboxylic acid groups (broad SMARTS) is 1. The van der Waals surface area contributed by atoms with Crippen LogP contribution in [0, 0.1) is 0 Å². The maximum absolute atomic E-state index is 10.8. The molecule has 2 unspecified atom stereocenters. The van der Waals surface area contributed by atoms with Crippen molar-refractivity contribution in [3.05, 3.63) is 29.8 Å². The minimum absolute atomic E-state index is 0.0169. The molecule has 1 heterocycles. The van der Waals surface area contributed by atoms with Crippen molar-refractivity contribution in [1.29, 1.82) is 0 Å². The summed E-state index contributed by atoms with van der Waals surface area (Å²) in [6.07, 6.45) is 0.729. The number of carboxylic acids is 1. The Morgan fingerprint density at radius 1 is 1.45 bits per heavy atom. The second kappa shape index (κ2) is 6.72. The number of carbonyl (C=O) groups is 1. The second-order valence-electron chi connectivity index (χ2n) is 5.07. The summed E-state index contributed by atoms with van der Waals surface area (Å²) in [4.78, 5) is 10.8. The number of aliphatic carboxylic acids is 1. The number of hydrogen-bond acceptors (Lipinski definition) is 4. The van der Waals surface area contributed by atoms with Crippen LogP contribution in [0.1, 0.15) is 31.4 Å². The fourth-order valence-corrected chi connectivity index (χ4v) is 2.36. The van der Waals surface area contributed by atoms with Crippen LogP contribution < -0.4 is 10.1 Å². The van der Waals surface area contributed by atoms with Gasteiger partial charge in [0.25, 0.3) is 0 Å². The summed E-state index contributed by atoms with van der Waals surface area (Å²) < 4.78 is 10.6. The SMILES string of the molecule is COc1ccc([C@H](C)NCC2CCC(C(=O)O)O2)cc1. The fourth-order valence-electron chi connectivity index (χ4n) is 2.36. The van der Waals surface area contributed by atoms with Crippen molar-refractivity contribution in [1.82, 2.24) is 5.32 Å². The van der Waals surface area contributed by atoms with Gasteiger partial charge in [0.2, 0.25) is 0 Å². The lowest BCUT2D eigenvalue weighted by molar-refractivity contribution is -0.149. The van der Waals surface area contributed by atoms with Gasteiger partial charge in [-0.25, -0.2) is 4.79 Å². The number of ether oxygens (including phenoxy) is 2. The molecule has 0 radical (unpaired) electrons. The third-order valence-electron chi connectivity index (χ3n) is 3.65. The Morgan fingerprint density at radius 2 is 2.15 bits per heavy atom. The molecule has 1 aliphatic rings. The van der Waals surface area contributed by atoms with Gasteiger partial charge >= 0.3 is 5.97 Å². The molecule has 5 nitrogen and oxygen atoms in total. The third-order valence-corrected chi connectivity index (χ3v) is 3.65. The summed E-state index contributed by atoms with van der Waals surface area (Å²) in [7, 11) is 1.65. The molecule has 0 aliphatic carbocycles.